The normalized spacial score (nSPS) is 18.0. The molecule has 0 saturated carbocycles. The molecule has 166 valence electrons. The molecule has 1 aliphatic heterocycles. The minimum atomic E-state index is -1.19. The summed E-state index contributed by atoms with van der Waals surface area (Å²) in [7, 11) is 0. The minimum absolute atomic E-state index is 0.0307. The van der Waals surface area contributed by atoms with Crippen molar-refractivity contribution >= 4 is 28.8 Å². The van der Waals surface area contributed by atoms with Crippen LogP contribution in [0.3, 0.4) is 0 Å². The highest BCUT2D eigenvalue weighted by Crippen LogP contribution is 2.25. The van der Waals surface area contributed by atoms with Gasteiger partial charge < -0.3 is 20.3 Å². The third kappa shape index (κ3) is 4.15. The molecule has 0 bridgehead atoms. The van der Waals surface area contributed by atoms with Crippen LogP contribution in [0.1, 0.15) is 27.2 Å². The molecule has 0 unspecified atom stereocenters. The maximum atomic E-state index is 12.7. The van der Waals surface area contributed by atoms with E-state index in [9.17, 15) is 19.5 Å². The fourth-order valence-electron chi connectivity index (χ4n) is 4.25. The van der Waals surface area contributed by atoms with Crippen molar-refractivity contribution in [3.63, 3.8) is 0 Å². The zero-order valence-corrected chi connectivity index (χ0v) is 17.5. The molecule has 3 amide bonds. The number of aromatic nitrogens is 1. The molecule has 9 heteroatoms. The van der Waals surface area contributed by atoms with Crippen molar-refractivity contribution in [2.45, 2.75) is 19.4 Å². The van der Waals surface area contributed by atoms with E-state index in [1.807, 2.05) is 37.3 Å². The summed E-state index contributed by atoms with van der Waals surface area (Å²) >= 11 is 0. The molecule has 1 saturated heterocycles. The second-order valence-electron chi connectivity index (χ2n) is 8.00. The molecule has 2 atom stereocenters. The van der Waals surface area contributed by atoms with Crippen molar-refractivity contribution in [2.24, 2.45) is 5.92 Å². The van der Waals surface area contributed by atoms with Gasteiger partial charge in [0.1, 0.15) is 0 Å². The van der Waals surface area contributed by atoms with Gasteiger partial charge in [0, 0.05) is 35.2 Å². The number of hydrogen-bond donors (Lipinski definition) is 5. The number of carbonyl (C=O) groups excluding carboxylic acids is 2. The molecule has 0 spiro atoms. The number of aromatic amines is 1. The second kappa shape index (κ2) is 8.72. The van der Waals surface area contributed by atoms with E-state index in [4.69, 9.17) is 5.21 Å². The van der Waals surface area contributed by atoms with E-state index in [0.29, 0.717) is 12.0 Å². The third-order valence-corrected chi connectivity index (χ3v) is 5.98. The number of likely N-dealkylation sites (tertiary alicyclic amines) is 1. The number of amides is 3. The Morgan fingerprint density at radius 3 is 2.50 bits per heavy atom. The number of benzene rings is 2. The maximum absolute atomic E-state index is 12.7. The quantitative estimate of drug-likeness (QED) is 0.309. The average Bonchev–Trinajstić information content (AvgIpc) is 3.35. The largest absolute Gasteiger partial charge is 0.465 e. The Bertz CT molecular complexity index is 1170. The molecule has 1 aliphatic rings. The lowest BCUT2D eigenvalue weighted by molar-refractivity contribution is -0.133. The molecule has 2 aromatic carbocycles. The summed E-state index contributed by atoms with van der Waals surface area (Å²) in [6.45, 7) is 1.91. The number of fused-ring (bicyclic) bond motifs is 1. The van der Waals surface area contributed by atoms with E-state index in [1.54, 1.807) is 17.6 Å². The van der Waals surface area contributed by atoms with E-state index in [2.05, 4.69) is 16.4 Å². The minimum Gasteiger partial charge on any atom is -0.465 e. The second-order valence-corrected chi connectivity index (χ2v) is 8.00. The molecular weight excluding hydrogens is 412 g/mol. The molecule has 9 nitrogen and oxygen atoms in total. The van der Waals surface area contributed by atoms with Crippen molar-refractivity contribution in [1.82, 2.24) is 20.7 Å². The number of H-pyrrole nitrogens is 1. The van der Waals surface area contributed by atoms with Gasteiger partial charge in [0.25, 0.3) is 5.91 Å². The van der Waals surface area contributed by atoms with Gasteiger partial charge in [0.15, 0.2) is 0 Å². The zero-order chi connectivity index (χ0) is 22.8. The van der Waals surface area contributed by atoms with Crippen LogP contribution >= 0.6 is 0 Å². The van der Waals surface area contributed by atoms with Crippen LogP contribution in [0, 0.1) is 12.8 Å². The number of nitrogens with zero attached hydrogens (tertiary/aromatic N) is 1. The Morgan fingerprint density at radius 2 is 1.81 bits per heavy atom. The smallest absolute Gasteiger partial charge is 0.407 e. The van der Waals surface area contributed by atoms with Crippen LogP contribution in [0.4, 0.5) is 4.79 Å². The summed E-state index contributed by atoms with van der Waals surface area (Å²) in [5, 5.41) is 22.0. The molecule has 3 aromatic rings. The lowest BCUT2D eigenvalue weighted by atomic mass is 10.00. The van der Waals surface area contributed by atoms with Gasteiger partial charge in [-0.2, -0.15) is 0 Å². The number of carboxylic acid groups (broad SMARTS) is 1. The van der Waals surface area contributed by atoms with E-state index in [0.717, 1.165) is 21.7 Å². The highest BCUT2D eigenvalue weighted by atomic mass is 16.5. The lowest BCUT2D eigenvalue weighted by Gasteiger charge is -2.18. The summed E-state index contributed by atoms with van der Waals surface area (Å²) < 4.78 is 0. The van der Waals surface area contributed by atoms with Crippen LogP contribution in [-0.2, 0) is 11.2 Å². The van der Waals surface area contributed by atoms with Crippen molar-refractivity contribution in [1.29, 1.82) is 0 Å². The van der Waals surface area contributed by atoms with E-state index < -0.39 is 29.9 Å². The molecule has 1 aromatic heterocycles. The fraction of sp³-hybridized carbons (Fsp3) is 0.261. The van der Waals surface area contributed by atoms with Gasteiger partial charge in [-0.25, -0.2) is 10.3 Å². The van der Waals surface area contributed by atoms with Crippen molar-refractivity contribution in [2.75, 3.05) is 13.1 Å². The number of carbonyl (C=O) groups is 3. The molecule has 5 N–H and O–H groups in total. The topological polar surface area (TPSA) is 135 Å². The van der Waals surface area contributed by atoms with Crippen LogP contribution < -0.4 is 10.8 Å². The Kier molecular flexibility index (Phi) is 5.83. The molecule has 1 fully saturated rings. The Balaban J connectivity index is 1.46. The fourth-order valence-corrected chi connectivity index (χ4v) is 4.25. The van der Waals surface area contributed by atoms with E-state index in [-0.39, 0.29) is 13.1 Å². The number of nitrogens with one attached hydrogen (secondary N) is 3. The first kappa shape index (κ1) is 21.4. The van der Waals surface area contributed by atoms with Gasteiger partial charge in [-0.05, 0) is 42.7 Å². The van der Waals surface area contributed by atoms with Crippen LogP contribution in [-0.4, -0.2) is 57.2 Å². The molecular formula is C23H24N4O5. The van der Waals surface area contributed by atoms with Crippen LogP contribution in [0.5, 0.6) is 0 Å². The van der Waals surface area contributed by atoms with Gasteiger partial charge in [-0.15, -0.1) is 0 Å². The highest BCUT2D eigenvalue weighted by Gasteiger charge is 2.40. The Morgan fingerprint density at radius 1 is 1.09 bits per heavy atom. The van der Waals surface area contributed by atoms with Gasteiger partial charge in [0.2, 0.25) is 5.91 Å². The average molecular weight is 436 g/mol. The summed E-state index contributed by atoms with van der Waals surface area (Å²) in [6.07, 6.45) is -0.471. The summed E-state index contributed by atoms with van der Waals surface area (Å²) in [5.74, 6) is -2.01. The number of rotatable bonds is 5. The SMILES string of the molecule is Cc1[nH]c2ccccc2c1Cc1ccc(C(=O)N[C@@H]2CN(C(=O)O)C[C@@H]2C(=O)NO)cc1. The summed E-state index contributed by atoms with van der Waals surface area (Å²) in [4.78, 5) is 40.3. The van der Waals surface area contributed by atoms with E-state index >= 15 is 0 Å². The number of para-hydroxylation sites is 1. The standard InChI is InChI=1S/C23H24N4O5/c1-13-17(16-4-2-3-5-19(16)24-13)10-14-6-8-15(9-7-14)21(28)25-20-12-27(23(30)31)11-18(20)22(29)26-32/h2-9,18,20,24,32H,10-12H2,1H3,(H,25,28)(H,26,29)(H,30,31)/t18-,20+/m0/s1. The van der Waals surface area contributed by atoms with Gasteiger partial charge >= 0.3 is 6.09 Å². The first-order valence-corrected chi connectivity index (χ1v) is 10.2. The predicted octanol–water partition coefficient (Wildman–Crippen LogP) is 2.28. The van der Waals surface area contributed by atoms with Crippen LogP contribution in [0.2, 0.25) is 0 Å². The summed E-state index contributed by atoms with van der Waals surface area (Å²) in [5.41, 5.74) is 6.39. The Hall–Kier alpha value is -3.85. The van der Waals surface area contributed by atoms with Gasteiger partial charge in [-0.1, -0.05) is 30.3 Å². The van der Waals surface area contributed by atoms with Crippen LogP contribution in [0.15, 0.2) is 48.5 Å². The third-order valence-electron chi connectivity index (χ3n) is 5.98. The first-order chi connectivity index (χ1) is 15.4. The highest BCUT2D eigenvalue weighted by molar-refractivity contribution is 5.95. The molecule has 4 rings (SSSR count). The zero-order valence-electron chi connectivity index (χ0n) is 17.5. The molecule has 0 radical (unpaired) electrons. The molecule has 2 heterocycles. The number of hydroxylamine groups is 1. The Labute approximate surface area is 184 Å². The monoisotopic (exact) mass is 436 g/mol. The lowest BCUT2D eigenvalue weighted by Crippen LogP contribution is -2.45. The summed E-state index contributed by atoms with van der Waals surface area (Å²) in [6, 6.07) is 14.6. The van der Waals surface area contributed by atoms with E-state index in [1.165, 1.54) is 10.9 Å². The maximum Gasteiger partial charge on any atom is 0.407 e. The first-order valence-electron chi connectivity index (χ1n) is 10.2. The molecule has 0 aliphatic carbocycles. The number of hydrogen-bond acceptors (Lipinski definition) is 4. The predicted molar refractivity (Wildman–Crippen MR) is 117 cm³/mol. The van der Waals surface area contributed by atoms with Crippen LogP contribution in [0.25, 0.3) is 10.9 Å². The number of aryl methyl sites for hydroxylation is 1. The van der Waals surface area contributed by atoms with Crippen molar-refractivity contribution in [3.05, 3.63) is 70.9 Å². The van der Waals surface area contributed by atoms with Gasteiger partial charge in [0.05, 0.1) is 12.0 Å². The van der Waals surface area contributed by atoms with Crippen molar-refractivity contribution in [3.8, 4) is 0 Å². The molecule has 32 heavy (non-hydrogen) atoms. The van der Waals surface area contributed by atoms with Crippen molar-refractivity contribution < 1.29 is 24.7 Å². The van der Waals surface area contributed by atoms with Gasteiger partial charge in [-0.3, -0.25) is 14.8 Å².